The van der Waals surface area contributed by atoms with Gasteiger partial charge in [0.2, 0.25) is 0 Å². The second kappa shape index (κ2) is 4.15. The molecule has 0 aliphatic carbocycles. The standard InChI is InChI=1S/C4H5BrFN3O2/c1-2-11-3(10)4(5,6)8-9-7/h2H2,1H3. The molecule has 0 amide bonds. The predicted octanol–water partition coefficient (Wildman–Crippen LogP) is 1.88. The van der Waals surface area contributed by atoms with Gasteiger partial charge in [0.15, 0.2) is 0 Å². The molecular weight excluding hydrogens is 221 g/mol. The van der Waals surface area contributed by atoms with Crippen LogP contribution in [0.3, 0.4) is 0 Å². The summed E-state index contributed by atoms with van der Waals surface area (Å²) in [6.45, 7) is 1.54. The summed E-state index contributed by atoms with van der Waals surface area (Å²) in [5, 5.41) is 2.53. The predicted molar refractivity (Wildman–Crippen MR) is 38.5 cm³/mol. The zero-order valence-corrected chi connectivity index (χ0v) is 7.21. The smallest absolute Gasteiger partial charge is 0.361 e. The van der Waals surface area contributed by atoms with Gasteiger partial charge in [-0.2, -0.15) is 0 Å². The van der Waals surface area contributed by atoms with Gasteiger partial charge in [0.05, 0.1) is 6.61 Å². The third-order valence-electron chi connectivity index (χ3n) is 0.691. The van der Waals surface area contributed by atoms with Crippen molar-refractivity contribution in [3.8, 4) is 0 Å². The van der Waals surface area contributed by atoms with Gasteiger partial charge >= 0.3 is 10.7 Å². The van der Waals surface area contributed by atoms with Crippen molar-refractivity contribution in [3.05, 3.63) is 10.4 Å². The summed E-state index contributed by atoms with van der Waals surface area (Å²) in [7, 11) is 0. The monoisotopic (exact) mass is 225 g/mol. The highest BCUT2D eigenvalue weighted by Gasteiger charge is 2.35. The van der Waals surface area contributed by atoms with Crippen molar-refractivity contribution in [1.29, 1.82) is 0 Å². The van der Waals surface area contributed by atoms with E-state index in [1.807, 2.05) is 0 Å². The molecule has 0 saturated heterocycles. The van der Waals surface area contributed by atoms with Crippen LogP contribution in [0.5, 0.6) is 0 Å². The fourth-order valence-electron chi connectivity index (χ4n) is 0.315. The molecule has 0 bridgehead atoms. The number of carbonyl (C=O) groups excluding carboxylic acids is 1. The first kappa shape index (κ1) is 10.2. The van der Waals surface area contributed by atoms with E-state index in [1.165, 1.54) is 6.92 Å². The number of ether oxygens (including phenoxy) is 1. The van der Waals surface area contributed by atoms with Gasteiger partial charge in [0.25, 0.3) is 0 Å². The van der Waals surface area contributed by atoms with Crippen molar-refractivity contribution in [1.82, 2.24) is 0 Å². The highest BCUT2D eigenvalue weighted by molar-refractivity contribution is 9.10. The van der Waals surface area contributed by atoms with Crippen molar-refractivity contribution < 1.29 is 13.9 Å². The second-order valence-corrected chi connectivity index (χ2v) is 2.50. The number of alkyl halides is 2. The first-order chi connectivity index (χ1) is 5.04. The number of hydrogen-bond donors (Lipinski definition) is 0. The summed E-state index contributed by atoms with van der Waals surface area (Å²) in [4.78, 5) is 12.7. The molecular formula is C4H5BrFN3O2. The molecule has 7 heteroatoms. The van der Waals surface area contributed by atoms with Crippen LogP contribution in [0.2, 0.25) is 0 Å². The van der Waals surface area contributed by atoms with E-state index in [9.17, 15) is 9.18 Å². The van der Waals surface area contributed by atoms with E-state index in [4.69, 9.17) is 5.53 Å². The molecule has 11 heavy (non-hydrogen) atoms. The lowest BCUT2D eigenvalue weighted by atomic mass is 10.6. The zero-order chi connectivity index (χ0) is 8.91. The van der Waals surface area contributed by atoms with Gasteiger partial charge in [-0.15, -0.1) is 0 Å². The van der Waals surface area contributed by atoms with Crippen LogP contribution in [0.1, 0.15) is 6.92 Å². The summed E-state index contributed by atoms with van der Waals surface area (Å²) in [5.74, 6) is -1.25. The minimum atomic E-state index is -2.78. The molecule has 1 atom stereocenters. The summed E-state index contributed by atoms with van der Waals surface area (Å²) in [5.41, 5.74) is 7.80. The molecule has 0 saturated carbocycles. The van der Waals surface area contributed by atoms with Crippen molar-refractivity contribution in [2.24, 2.45) is 5.11 Å². The number of azide groups is 1. The van der Waals surface area contributed by atoms with E-state index < -0.39 is 10.7 Å². The fourth-order valence-corrected chi connectivity index (χ4v) is 0.500. The third-order valence-corrected chi connectivity index (χ3v) is 1.17. The van der Waals surface area contributed by atoms with Gasteiger partial charge in [0, 0.05) is 4.91 Å². The average Bonchev–Trinajstić information content (AvgIpc) is 1.88. The van der Waals surface area contributed by atoms with Crippen molar-refractivity contribution >= 4 is 21.9 Å². The highest BCUT2D eigenvalue weighted by Crippen LogP contribution is 2.23. The number of nitrogens with zero attached hydrogens (tertiary/aromatic N) is 3. The molecule has 0 spiro atoms. The largest absolute Gasteiger partial charge is 0.463 e. The van der Waals surface area contributed by atoms with Crippen LogP contribution in [-0.4, -0.2) is 17.3 Å². The van der Waals surface area contributed by atoms with E-state index in [0.29, 0.717) is 0 Å². The van der Waals surface area contributed by atoms with Crippen LogP contribution < -0.4 is 0 Å². The van der Waals surface area contributed by atoms with Crippen LogP contribution in [0.4, 0.5) is 4.39 Å². The van der Waals surface area contributed by atoms with Crippen LogP contribution in [0.25, 0.3) is 10.4 Å². The lowest BCUT2D eigenvalue weighted by Crippen LogP contribution is -2.25. The minimum absolute atomic E-state index is 0.0249. The number of rotatable bonds is 3. The Hall–Kier alpha value is -0.810. The van der Waals surface area contributed by atoms with E-state index in [0.717, 1.165) is 0 Å². The Labute approximate surface area is 70.3 Å². The molecule has 0 radical (unpaired) electrons. The van der Waals surface area contributed by atoms with Crippen LogP contribution in [0, 0.1) is 0 Å². The molecule has 0 aliphatic heterocycles. The molecule has 0 aliphatic rings. The Morgan fingerprint density at radius 2 is 2.55 bits per heavy atom. The van der Waals surface area contributed by atoms with Gasteiger partial charge in [-0.25, -0.2) is 9.18 Å². The van der Waals surface area contributed by atoms with Crippen LogP contribution >= 0.6 is 15.9 Å². The van der Waals surface area contributed by atoms with E-state index >= 15 is 0 Å². The SMILES string of the molecule is CCOC(=O)C(F)(Br)N=[N+]=[N-]. The normalized spacial score (nSPS) is 14.5. The van der Waals surface area contributed by atoms with Gasteiger partial charge in [-0.1, -0.05) is 0 Å². The number of halogens is 2. The van der Waals surface area contributed by atoms with Crippen molar-refractivity contribution in [2.75, 3.05) is 6.61 Å². The zero-order valence-electron chi connectivity index (χ0n) is 5.62. The highest BCUT2D eigenvalue weighted by atomic mass is 79.9. The Morgan fingerprint density at radius 1 is 2.00 bits per heavy atom. The Bertz CT molecular complexity index is 202. The first-order valence-corrected chi connectivity index (χ1v) is 3.45. The van der Waals surface area contributed by atoms with Crippen molar-refractivity contribution in [3.63, 3.8) is 0 Å². The molecule has 5 nitrogen and oxygen atoms in total. The molecule has 0 aromatic carbocycles. The number of esters is 1. The van der Waals surface area contributed by atoms with E-state index in [-0.39, 0.29) is 6.61 Å². The topological polar surface area (TPSA) is 75.1 Å². The summed E-state index contributed by atoms with van der Waals surface area (Å²) >= 11 is 2.25. The maximum absolute atomic E-state index is 12.7. The van der Waals surface area contributed by atoms with Gasteiger partial charge in [0.1, 0.15) is 0 Å². The molecule has 0 aromatic rings. The molecule has 0 rings (SSSR count). The third kappa shape index (κ3) is 3.20. The molecule has 0 fully saturated rings. The van der Waals surface area contributed by atoms with Crippen molar-refractivity contribution in [2.45, 2.75) is 11.6 Å². The van der Waals surface area contributed by atoms with E-state index in [2.05, 4.69) is 30.7 Å². The molecule has 1 unspecified atom stereocenters. The lowest BCUT2D eigenvalue weighted by molar-refractivity contribution is -0.150. The maximum atomic E-state index is 12.7. The molecule has 62 valence electrons. The lowest BCUT2D eigenvalue weighted by Gasteiger charge is -2.08. The Morgan fingerprint density at radius 3 is 2.91 bits per heavy atom. The summed E-state index contributed by atoms with van der Waals surface area (Å²) in [6, 6.07) is 0. The van der Waals surface area contributed by atoms with Crippen LogP contribution in [-0.2, 0) is 9.53 Å². The quantitative estimate of drug-likeness (QED) is 0.184. The second-order valence-electron chi connectivity index (χ2n) is 1.45. The molecule has 0 heterocycles. The molecule has 0 aromatic heterocycles. The Balaban J connectivity index is 4.29. The summed E-state index contributed by atoms with van der Waals surface area (Å²) in [6.07, 6.45) is 0. The van der Waals surface area contributed by atoms with Gasteiger partial charge < -0.3 is 4.74 Å². The molecule has 0 N–H and O–H groups in total. The van der Waals surface area contributed by atoms with Crippen LogP contribution in [0.15, 0.2) is 5.11 Å². The first-order valence-electron chi connectivity index (χ1n) is 2.66. The Kier molecular flexibility index (Phi) is 3.84. The minimum Gasteiger partial charge on any atom is -0.463 e. The summed E-state index contributed by atoms with van der Waals surface area (Å²) < 4.78 is 14.1. The van der Waals surface area contributed by atoms with Gasteiger partial charge in [-0.3, -0.25) is 0 Å². The fraction of sp³-hybridized carbons (Fsp3) is 0.750. The van der Waals surface area contributed by atoms with Gasteiger partial charge in [-0.05, 0) is 33.5 Å². The average molecular weight is 226 g/mol. The number of carbonyl (C=O) groups is 1. The number of hydrogen-bond acceptors (Lipinski definition) is 3. The maximum Gasteiger partial charge on any atom is 0.361 e. The van der Waals surface area contributed by atoms with E-state index in [1.54, 1.807) is 0 Å².